The van der Waals surface area contributed by atoms with Gasteiger partial charge in [0, 0.05) is 11.4 Å². The van der Waals surface area contributed by atoms with Crippen LogP contribution in [0.2, 0.25) is 0 Å². The molecule has 0 saturated heterocycles. The summed E-state index contributed by atoms with van der Waals surface area (Å²) in [5, 5.41) is 4.33. The largest absolute Gasteiger partial charge is 0.338 e. The number of benzene rings is 1. The molecule has 1 aliphatic heterocycles. The van der Waals surface area contributed by atoms with E-state index >= 15 is 0 Å². The van der Waals surface area contributed by atoms with Gasteiger partial charge in [0.15, 0.2) is 6.54 Å². The van der Waals surface area contributed by atoms with Crippen molar-refractivity contribution in [1.82, 2.24) is 4.90 Å². The Bertz CT molecular complexity index is 757. The zero-order valence-corrected chi connectivity index (χ0v) is 17.9. The van der Waals surface area contributed by atoms with Crippen LogP contribution in [0.1, 0.15) is 68.1 Å². The highest BCUT2D eigenvalue weighted by molar-refractivity contribution is 7.10. The summed E-state index contributed by atoms with van der Waals surface area (Å²) < 4.78 is 0. The van der Waals surface area contributed by atoms with Crippen LogP contribution >= 0.6 is 11.3 Å². The first-order valence-corrected chi connectivity index (χ1v) is 11.1. The van der Waals surface area contributed by atoms with Gasteiger partial charge in [-0.15, -0.1) is 11.3 Å². The number of carbonyl (C=O) groups excluding carboxylic acids is 1. The van der Waals surface area contributed by atoms with Crippen molar-refractivity contribution in [2.24, 2.45) is 0 Å². The summed E-state index contributed by atoms with van der Waals surface area (Å²) in [7, 11) is 0. The Balaban J connectivity index is 1.85. The summed E-state index contributed by atoms with van der Waals surface area (Å²) in [5.74, 6) is 0.257. The van der Waals surface area contributed by atoms with Crippen molar-refractivity contribution in [2.45, 2.75) is 58.4 Å². The highest BCUT2D eigenvalue weighted by Crippen LogP contribution is 2.38. The molecule has 0 unspecified atom stereocenters. The third-order valence-electron chi connectivity index (χ3n) is 5.46. The minimum Gasteiger partial charge on any atom is -0.338 e. The number of quaternary nitrogens is 1. The number of hydrogen-bond donors (Lipinski definition) is 1. The summed E-state index contributed by atoms with van der Waals surface area (Å²) in [6, 6.07) is 11.2. The van der Waals surface area contributed by atoms with Gasteiger partial charge in [-0.2, -0.15) is 0 Å². The van der Waals surface area contributed by atoms with Crippen LogP contribution in [0.5, 0.6) is 0 Å². The van der Waals surface area contributed by atoms with Crippen molar-refractivity contribution >= 4 is 17.2 Å². The summed E-state index contributed by atoms with van der Waals surface area (Å²) in [5.41, 5.74) is 4.02. The molecule has 1 aliphatic rings. The topological polar surface area (TPSA) is 36.9 Å². The lowest BCUT2D eigenvalue weighted by Gasteiger charge is -2.36. The SMILES string of the molecule is CCCC[NH2+]CC(=O)N1CCc2sccc2[C@@H]1c1ccc(C(C)(C)C)cc1. The van der Waals surface area contributed by atoms with E-state index in [9.17, 15) is 4.79 Å². The Morgan fingerprint density at radius 2 is 1.96 bits per heavy atom. The van der Waals surface area contributed by atoms with Crippen LogP contribution < -0.4 is 5.32 Å². The van der Waals surface area contributed by atoms with Gasteiger partial charge in [-0.05, 0) is 46.4 Å². The van der Waals surface area contributed by atoms with Gasteiger partial charge in [0.1, 0.15) is 0 Å². The summed E-state index contributed by atoms with van der Waals surface area (Å²) in [6.07, 6.45) is 3.32. The molecule has 3 nitrogen and oxygen atoms in total. The molecule has 2 aromatic rings. The average molecular weight is 386 g/mol. The lowest BCUT2D eigenvalue weighted by molar-refractivity contribution is -0.644. The molecule has 146 valence electrons. The third-order valence-corrected chi connectivity index (χ3v) is 6.46. The van der Waals surface area contributed by atoms with E-state index in [4.69, 9.17) is 0 Å². The molecular formula is C23H33N2OS+. The summed E-state index contributed by atoms with van der Waals surface area (Å²) >= 11 is 1.82. The van der Waals surface area contributed by atoms with E-state index in [0.29, 0.717) is 6.54 Å². The first-order valence-electron chi connectivity index (χ1n) is 10.2. The van der Waals surface area contributed by atoms with Gasteiger partial charge >= 0.3 is 0 Å². The van der Waals surface area contributed by atoms with Gasteiger partial charge in [0.25, 0.3) is 5.91 Å². The van der Waals surface area contributed by atoms with Gasteiger partial charge in [0.05, 0.1) is 12.6 Å². The Morgan fingerprint density at radius 1 is 1.22 bits per heavy atom. The first kappa shape index (κ1) is 20.1. The van der Waals surface area contributed by atoms with Crippen LogP contribution in [0.4, 0.5) is 0 Å². The predicted molar refractivity (Wildman–Crippen MR) is 113 cm³/mol. The van der Waals surface area contributed by atoms with Crippen molar-refractivity contribution in [3.8, 4) is 0 Å². The van der Waals surface area contributed by atoms with E-state index in [1.165, 1.54) is 34.4 Å². The monoisotopic (exact) mass is 385 g/mol. The van der Waals surface area contributed by atoms with E-state index in [1.807, 2.05) is 11.3 Å². The summed E-state index contributed by atoms with van der Waals surface area (Å²) in [4.78, 5) is 16.5. The third kappa shape index (κ3) is 4.61. The Labute approximate surface area is 167 Å². The van der Waals surface area contributed by atoms with Gasteiger partial charge in [-0.25, -0.2) is 0 Å². The second-order valence-corrected chi connectivity index (χ2v) is 9.55. The molecule has 2 N–H and O–H groups in total. The van der Waals surface area contributed by atoms with E-state index in [-0.39, 0.29) is 17.4 Å². The van der Waals surface area contributed by atoms with E-state index in [0.717, 1.165) is 19.5 Å². The van der Waals surface area contributed by atoms with Gasteiger partial charge in [-0.3, -0.25) is 4.79 Å². The number of carbonyl (C=O) groups is 1. The maximum atomic E-state index is 13.0. The van der Waals surface area contributed by atoms with Crippen LogP contribution in [0.3, 0.4) is 0 Å². The highest BCUT2D eigenvalue weighted by atomic mass is 32.1. The van der Waals surface area contributed by atoms with Crippen molar-refractivity contribution in [2.75, 3.05) is 19.6 Å². The number of amides is 1. The molecule has 27 heavy (non-hydrogen) atoms. The van der Waals surface area contributed by atoms with Crippen LogP contribution in [-0.2, 0) is 16.6 Å². The van der Waals surface area contributed by atoms with Crippen LogP contribution in [-0.4, -0.2) is 30.4 Å². The number of thiophene rings is 1. The number of rotatable bonds is 6. The van der Waals surface area contributed by atoms with Gasteiger partial charge in [0.2, 0.25) is 0 Å². The second-order valence-electron chi connectivity index (χ2n) is 8.55. The molecule has 0 spiro atoms. The van der Waals surface area contributed by atoms with Gasteiger partial charge in [-0.1, -0.05) is 58.4 Å². The molecular weight excluding hydrogens is 352 g/mol. The number of nitrogens with zero attached hydrogens (tertiary/aromatic N) is 1. The van der Waals surface area contributed by atoms with Crippen LogP contribution in [0.25, 0.3) is 0 Å². The van der Waals surface area contributed by atoms with E-state index < -0.39 is 0 Å². The smallest absolute Gasteiger partial charge is 0.278 e. The molecule has 3 rings (SSSR count). The van der Waals surface area contributed by atoms with E-state index in [2.05, 4.69) is 73.6 Å². The van der Waals surface area contributed by atoms with Crippen molar-refractivity contribution in [1.29, 1.82) is 0 Å². The number of hydrogen-bond acceptors (Lipinski definition) is 2. The molecule has 1 aromatic heterocycles. The minimum absolute atomic E-state index is 0.0566. The Kier molecular flexibility index (Phi) is 6.38. The maximum absolute atomic E-state index is 13.0. The minimum atomic E-state index is 0.0566. The van der Waals surface area contributed by atoms with Crippen LogP contribution in [0.15, 0.2) is 35.7 Å². The molecule has 0 radical (unpaired) electrons. The highest BCUT2D eigenvalue weighted by Gasteiger charge is 2.33. The number of unbranched alkanes of at least 4 members (excludes halogenated alkanes) is 1. The lowest BCUT2D eigenvalue weighted by Crippen LogP contribution is -2.86. The predicted octanol–water partition coefficient (Wildman–Crippen LogP) is 3.88. The van der Waals surface area contributed by atoms with Crippen molar-refractivity contribution in [3.05, 3.63) is 57.3 Å². The summed E-state index contributed by atoms with van der Waals surface area (Å²) in [6.45, 7) is 11.3. The molecule has 1 aromatic carbocycles. The molecule has 2 heterocycles. The average Bonchev–Trinajstić information content (AvgIpc) is 3.12. The fourth-order valence-electron chi connectivity index (χ4n) is 3.80. The number of nitrogens with two attached hydrogens (primary N) is 1. The van der Waals surface area contributed by atoms with E-state index in [1.54, 1.807) is 0 Å². The Hall–Kier alpha value is -1.65. The molecule has 1 atom stereocenters. The first-order chi connectivity index (χ1) is 12.9. The molecule has 0 saturated carbocycles. The standard InChI is InChI=1S/C23H32N2OS/c1-5-6-13-24-16-21(26)25-14-11-20-19(12-15-27-20)22(25)17-7-9-18(10-8-17)23(2,3)4/h7-10,12,15,22,24H,5-6,11,13-14,16H2,1-4H3/p+1/t22-/m0/s1. The fourth-order valence-corrected chi connectivity index (χ4v) is 4.71. The lowest BCUT2D eigenvalue weighted by atomic mass is 9.85. The van der Waals surface area contributed by atoms with Crippen molar-refractivity contribution < 1.29 is 10.1 Å². The van der Waals surface area contributed by atoms with Crippen molar-refractivity contribution in [3.63, 3.8) is 0 Å². The molecule has 4 heteroatoms. The molecule has 0 bridgehead atoms. The normalized spacial score (nSPS) is 17.0. The second kappa shape index (κ2) is 8.57. The zero-order valence-electron chi connectivity index (χ0n) is 17.1. The quantitative estimate of drug-likeness (QED) is 0.753. The fraction of sp³-hybridized carbons (Fsp3) is 0.522. The number of fused-ring (bicyclic) bond motifs is 1. The molecule has 1 amide bonds. The van der Waals surface area contributed by atoms with Gasteiger partial charge < -0.3 is 10.2 Å². The van der Waals surface area contributed by atoms with Crippen LogP contribution in [0, 0.1) is 0 Å². The maximum Gasteiger partial charge on any atom is 0.278 e. The molecule has 0 aliphatic carbocycles. The Morgan fingerprint density at radius 3 is 2.63 bits per heavy atom. The zero-order chi connectivity index (χ0) is 19.4. The molecule has 0 fully saturated rings.